The van der Waals surface area contributed by atoms with Crippen molar-refractivity contribution in [2.24, 2.45) is 17.8 Å². The van der Waals surface area contributed by atoms with Crippen LogP contribution in [0.15, 0.2) is 0 Å². The van der Waals surface area contributed by atoms with Gasteiger partial charge in [-0.25, -0.2) is 9.13 Å². The maximum absolute atomic E-state index is 13.1. The molecule has 0 aliphatic carbocycles. The van der Waals surface area contributed by atoms with Crippen LogP contribution in [0.1, 0.15) is 395 Å². The lowest BCUT2D eigenvalue weighted by atomic mass is 10.00. The summed E-state index contributed by atoms with van der Waals surface area (Å²) < 4.78 is 68.5. The van der Waals surface area contributed by atoms with Crippen LogP contribution in [0.2, 0.25) is 0 Å². The molecule has 3 unspecified atom stereocenters. The van der Waals surface area contributed by atoms with E-state index in [-0.39, 0.29) is 25.7 Å². The van der Waals surface area contributed by atoms with Crippen LogP contribution in [0, 0.1) is 17.8 Å². The van der Waals surface area contributed by atoms with E-state index in [2.05, 4.69) is 48.5 Å². The third-order valence-electron chi connectivity index (χ3n) is 18.2. The van der Waals surface area contributed by atoms with Gasteiger partial charge in [-0.1, -0.05) is 344 Å². The van der Waals surface area contributed by atoms with Crippen molar-refractivity contribution in [3.8, 4) is 0 Å². The Morgan fingerprint density at radius 1 is 0.302 bits per heavy atom. The number of hydrogen-bond acceptors (Lipinski definition) is 15. The van der Waals surface area contributed by atoms with E-state index in [1.165, 1.54) is 199 Å². The molecule has 570 valence electrons. The molecular formula is C77H150O17P2. The second kappa shape index (κ2) is 67.5. The van der Waals surface area contributed by atoms with Gasteiger partial charge in [0.2, 0.25) is 0 Å². The zero-order chi connectivity index (χ0) is 70.9. The number of aliphatic hydroxyl groups is 1. The first kappa shape index (κ1) is 94.1. The summed E-state index contributed by atoms with van der Waals surface area (Å²) in [6.45, 7) is 11.9. The van der Waals surface area contributed by atoms with Gasteiger partial charge in [0.15, 0.2) is 12.2 Å². The molecule has 96 heavy (non-hydrogen) atoms. The molecule has 0 aliphatic rings. The molecule has 0 bridgehead atoms. The first-order valence-electron chi connectivity index (χ1n) is 39.9. The predicted octanol–water partition coefficient (Wildman–Crippen LogP) is 22.6. The molecule has 0 aliphatic heterocycles. The van der Waals surface area contributed by atoms with Gasteiger partial charge in [0, 0.05) is 25.7 Å². The molecule has 0 aromatic rings. The van der Waals surface area contributed by atoms with Crippen molar-refractivity contribution in [1.82, 2.24) is 0 Å². The highest BCUT2D eigenvalue weighted by Gasteiger charge is 2.30. The van der Waals surface area contributed by atoms with Crippen molar-refractivity contribution < 1.29 is 80.2 Å². The fraction of sp³-hybridized carbons (Fsp3) is 0.948. The maximum Gasteiger partial charge on any atom is 0.472 e. The quantitative estimate of drug-likeness (QED) is 0.0222. The molecule has 19 heteroatoms. The van der Waals surface area contributed by atoms with E-state index < -0.39 is 97.5 Å². The normalized spacial score (nSPS) is 14.3. The summed E-state index contributed by atoms with van der Waals surface area (Å²) in [6, 6.07) is 0. The number of phosphoric acid groups is 2. The minimum Gasteiger partial charge on any atom is -0.462 e. The first-order chi connectivity index (χ1) is 46.3. The third kappa shape index (κ3) is 69.2. The molecular weight excluding hydrogens is 1260 g/mol. The standard InChI is InChI=1S/C77H150O17P2/c1-8-10-11-12-13-14-24-32-37-46-53-60-76(81)94-73(65-88-75(80)59-52-45-40-39-43-50-57-70(7)9-2)67-92-96(85,86)90-63-71(78)62-89-95(83,84)91-66-72(64-87-74(79)58-51-44-36-31-27-22-19-18-21-26-30-35-42-49-56-69(5)6)93-77(82)61-54-47-38-33-28-23-17-15-16-20-25-29-34-41-48-55-68(3)4/h68-73,78H,8-67H2,1-7H3,(H,83,84)(H,85,86)/t70?,71-,72-,73-/m1/s1. The van der Waals surface area contributed by atoms with Crippen molar-refractivity contribution >= 4 is 39.5 Å². The number of ether oxygens (including phenoxy) is 4. The summed E-state index contributed by atoms with van der Waals surface area (Å²) >= 11 is 0. The van der Waals surface area contributed by atoms with E-state index in [0.717, 1.165) is 114 Å². The van der Waals surface area contributed by atoms with Gasteiger partial charge in [-0.15, -0.1) is 0 Å². The average Bonchev–Trinajstić information content (AvgIpc) is 2.83. The van der Waals surface area contributed by atoms with Gasteiger partial charge in [0.25, 0.3) is 0 Å². The summed E-state index contributed by atoms with van der Waals surface area (Å²) in [7, 11) is -9.91. The molecule has 0 saturated heterocycles. The maximum atomic E-state index is 13.1. The number of aliphatic hydroxyl groups excluding tert-OH is 1. The van der Waals surface area contributed by atoms with E-state index in [1.807, 2.05) is 0 Å². The summed E-state index contributed by atoms with van der Waals surface area (Å²) in [4.78, 5) is 72.8. The van der Waals surface area contributed by atoms with Gasteiger partial charge in [0.1, 0.15) is 19.3 Å². The van der Waals surface area contributed by atoms with Crippen LogP contribution in [0.5, 0.6) is 0 Å². The van der Waals surface area contributed by atoms with E-state index in [1.54, 1.807) is 0 Å². The third-order valence-corrected chi connectivity index (χ3v) is 20.1. The fourth-order valence-corrected chi connectivity index (χ4v) is 13.3. The summed E-state index contributed by atoms with van der Waals surface area (Å²) in [6.07, 6.45) is 54.1. The Bertz CT molecular complexity index is 1870. The second-order valence-corrected chi connectivity index (χ2v) is 31.8. The van der Waals surface area contributed by atoms with Gasteiger partial charge >= 0.3 is 39.5 Å². The minimum absolute atomic E-state index is 0.106. The summed E-state index contributed by atoms with van der Waals surface area (Å²) in [5, 5.41) is 10.6. The van der Waals surface area contributed by atoms with Crippen LogP contribution in [-0.2, 0) is 65.4 Å². The molecule has 6 atom stereocenters. The number of carbonyl (C=O) groups is 4. The SMILES string of the molecule is CCCCCCCCCCCCCC(=O)O[C@H](COC(=O)CCCCCCCCC(C)CC)COP(=O)(O)OC[C@H](O)COP(=O)(O)OC[C@@H](COC(=O)CCCCCCCCCCCCCCCCC(C)C)OC(=O)CCCCCCCCCCCCCCCCCC(C)C. The Hall–Kier alpha value is -1.94. The number of carbonyl (C=O) groups excluding carboxylic acids is 4. The Labute approximate surface area is 588 Å². The Morgan fingerprint density at radius 2 is 0.531 bits per heavy atom. The van der Waals surface area contributed by atoms with Crippen LogP contribution < -0.4 is 0 Å². The van der Waals surface area contributed by atoms with E-state index in [9.17, 15) is 43.2 Å². The first-order valence-corrected chi connectivity index (χ1v) is 42.9. The molecule has 0 aromatic carbocycles. The molecule has 3 N–H and O–H groups in total. The summed E-state index contributed by atoms with van der Waals surface area (Å²) in [5.41, 5.74) is 0. The van der Waals surface area contributed by atoms with E-state index in [4.69, 9.17) is 37.0 Å². The number of rotatable bonds is 75. The highest BCUT2D eigenvalue weighted by Crippen LogP contribution is 2.45. The smallest absolute Gasteiger partial charge is 0.462 e. The van der Waals surface area contributed by atoms with Crippen LogP contribution in [0.3, 0.4) is 0 Å². The average molecular weight is 1410 g/mol. The number of phosphoric ester groups is 2. The fourth-order valence-electron chi connectivity index (χ4n) is 11.7. The van der Waals surface area contributed by atoms with Crippen molar-refractivity contribution in [2.45, 2.75) is 414 Å². The second-order valence-electron chi connectivity index (χ2n) is 28.9. The van der Waals surface area contributed by atoms with Gasteiger partial charge in [-0.2, -0.15) is 0 Å². The van der Waals surface area contributed by atoms with Crippen LogP contribution in [-0.4, -0.2) is 96.7 Å². The molecule has 0 aromatic heterocycles. The molecule has 0 spiro atoms. The monoisotopic (exact) mass is 1410 g/mol. The van der Waals surface area contributed by atoms with Gasteiger partial charge in [-0.3, -0.25) is 37.3 Å². The zero-order valence-electron chi connectivity index (χ0n) is 62.8. The van der Waals surface area contributed by atoms with Crippen molar-refractivity contribution in [1.29, 1.82) is 0 Å². The number of esters is 4. The lowest BCUT2D eigenvalue weighted by Crippen LogP contribution is -2.30. The highest BCUT2D eigenvalue weighted by molar-refractivity contribution is 7.47. The Balaban J connectivity index is 5.23. The summed E-state index contributed by atoms with van der Waals surface area (Å²) in [5.74, 6) is 0.216. The van der Waals surface area contributed by atoms with Crippen molar-refractivity contribution in [3.63, 3.8) is 0 Å². The molecule has 0 heterocycles. The molecule has 0 amide bonds. The van der Waals surface area contributed by atoms with Gasteiger partial charge in [0.05, 0.1) is 26.4 Å². The zero-order valence-corrected chi connectivity index (χ0v) is 64.6. The van der Waals surface area contributed by atoms with E-state index in [0.29, 0.717) is 25.7 Å². The highest BCUT2D eigenvalue weighted by atomic mass is 31.2. The predicted molar refractivity (Wildman–Crippen MR) is 391 cm³/mol. The number of unbranched alkanes of at least 4 members (excludes halogenated alkanes) is 42. The molecule has 17 nitrogen and oxygen atoms in total. The largest absolute Gasteiger partial charge is 0.472 e. The molecule has 0 fully saturated rings. The van der Waals surface area contributed by atoms with Crippen molar-refractivity contribution in [3.05, 3.63) is 0 Å². The lowest BCUT2D eigenvalue weighted by molar-refractivity contribution is -0.161. The lowest BCUT2D eigenvalue weighted by Gasteiger charge is -2.21. The minimum atomic E-state index is -4.96. The van der Waals surface area contributed by atoms with Gasteiger partial charge in [-0.05, 0) is 43.4 Å². The Morgan fingerprint density at radius 3 is 0.792 bits per heavy atom. The van der Waals surface area contributed by atoms with Crippen LogP contribution in [0.4, 0.5) is 0 Å². The Kier molecular flexibility index (Phi) is 66.2. The molecule has 0 saturated carbocycles. The topological polar surface area (TPSA) is 237 Å². The molecule has 0 rings (SSSR count). The van der Waals surface area contributed by atoms with Gasteiger partial charge < -0.3 is 33.8 Å². The van der Waals surface area contributed by atoms with E-state index >= 15 is 0 Å². The van der Waals surface area contributed by atoms with Crippen LogP contribution >= 0.6 is 15.6 Å². The molecule has 0 radical (unpaired) electrons. The number of hydrogen-bond donors (Lipinski definition) is 3. The van der Waals surface area contributed by atoms with Crippen LogP contribution in [0.25, 0.3) is 0 Å². The van der Waals surface area contributed by atoms with Crippen molar-refractivity contribution in [2.75, 3.05) is 39.6 Å².